The summed E-state index contributed by atoms with van der Waals surface area (Å²) in [6.07, 6.45) is 0.828. The lowest BCUT2D eigenvalue weighted by Crippen LogP contribution is -2.55. The van der Waals surface area contributed by atoms with Crippen LogP contribution in [0, 0.1) is 0 Å². The monoisotopic (exact) mass is 441 g/mol. The lowest BCUT2D eigenvalue weighted by Gasteiger charge is -2.44. The summed E-state index contributed by atoms with van der Waals surface area (Å²) >= 11 is 0. The van der Waals surface area contributed by atoms with Crippen LogP contribution in [0.3, 0.4) is 0 Å². The fourth-order valence-electron chi connectivity index (χ4n) is 4.49. The minimum atomic E-state index is -3.58. The van der Waals surface area contributed by atoms with Crippen LogP contribution >= 0.6 is 0 Å². The van der Waals surface area contributed by atoms with Gasteiger partial charge in [-0.05, 0) is 41.8 Å². The van der Waals surface area contributed by atoms with Crippen LogP contribution in [0.2, 0.25) is 0 Å². The van der Waals surface area contributed by atoms with Gasteiger partial charge in [-0.2, -0.15) is 4.31 Å². The van der Waals surface area contributed by atoms with Gasteiger partial charge in [-0.15, -0.1) is 0 Å². The van der Waals surface area contributed by atoms with Gasteiger partial charge in [-0.3, -0.25) is 9.59 Å². The van der Waals surface area contributed by atoms with E-state index in [4.69, 9.17) is 0 Å². The van der Waals surface area contributed by atoms with Gasteiger partial charge in [-0.25, -0.2) is 8.42 Å². The van der Waals surface area contributed by atoms with Gasteiger partial charge >= 0.3 is 0 Å². The quantitative estimate of drug-likeness (QED) is 0.713. The molecule has 0 bridgehead atoms. The second-order valence-electron chi connectivity index (χ2n) is 7.85. The SMILES string of the molecule is CCN(CC)S(=O)(=O)c1ccc(C(=O)N2CC(=O)N3CCc4ccccc4[C@H]3C2)cc1. The molecule has 1 saturated heterocycles. The molecule has 1 fully saturated rings. The molecule has 0 N–H and O–H groups in total. The Hall–Kier alpha value is -2.71. The van der Waals surface area contributed by atoms with Crippen LogP contribution in [0.4, 0.5) is 0 Å². The van der Waals surface area contributed by atoms with Crippen LogP contribution in [0.5, 0.6) is 0 Å². The molecule has 2 heterocycles. The molecular formula is C23H27N3O4S. The summed E-state index contributed by atoms with van der Waals surface area (Å²) in [5.74, 6) is -0.317. The lowest BCUT2D eigenvalue weighted by atomic mass is 9.90. The van der Waals surface area contributed by atoms with E-state index in [1.54, 1.807) is 18.7 Å². The van der Waals surface area contributed by atoms with Crippen molar-refractivity contribution in [3.05, 3.63) is 65.2 Å². The highest BCUT2D eigenvalue weighted by Gasteiger charge is 2.38. The Balaban J connectivity index is 1.56. The number of amides is 2. The summed E-state index contributed by atoms with van der Waals surface area (Å²) < 4.78 is 26.7. The van der Waals surface area contributed by atoms with Gasteiger partial charge in [0.05, 0.1) is 10.9 Å². The molecule has 31 heavy (non-hydrogen) atoms. The van der Waals surface area contributed by atoms with E-state index in [-0.39, 0.29) is 29.3 Å². The number of benzene rings is 2. The first kappa shape index (κ1) is 21.5. The zero-order valence-corrected chi connectivity index (χ0v) is 18.6. The van der Waals surface area contributed by atoms with E-state index in [2.05, 4.69) is 6.07 Å². The zero-order chi connectivity index (χ0) is 22.2. The van der Waals surface area contributed by atoms with E-state index < -0.39 is 10.0 Å². The van der Waals surface area contributed by atoms with E-state index in [1.807, 2.05) is 23.1 Å². The number of hydrogen-bond donors (Lipinski definition) is 0. The highest BCUT2D eigenvalue weighted by atomic mass is 32.2. The van der Waals surface area contributed by atoms with Crippen molar-refractivity contribution in [2.45, 2.75) is 31.2 Å². The van der Waals surface area contributed by atoms with Crippen LogP contribution in [0.1, 0.15) is 41.4 Å². The molecule has 2 aliphatic rings. The second-order valence-corrected chi connectivity index (χ2v) is 9.79. The number of piperazine rings is 1. The van der Waals surface area contributed by atoms with Crippen LogP contribution in [0.25, 0.3) is 0 Å². The third-order valence-corrected chi connectivity index (χ3v) is 8.25. The molecule has 0 unspecified atom stereocenters. The van der Waals surface area contributed by atoms with Gasteiger partial charge in [0.1, 0.15) is 6.54 Å². The molecule has 2 aromatic carbocycles. The van der Waals surface area contributed by atoms with E-state index in [1.165, 1.54) is 34.1 Å². The number of hydrogen-bond acceptors (Lipinski definition) is 4. The van der Waals surface area contributed by atoms with Crippen molar-refractivity contribution in [3.63, 3.8) is 0 Å². The molecule has 0 saturated carbocycles. The summed E-state index contributed by atoms with van der Waals surface area (Å²) in [4.78, 5) is 29.5. The maximum Gasteiger partial charge on any atom is 0.254 e. The topological polar surface area (TPSA) is 78.0 Å². The maximum atomic E-state index is 13.1. The van der Waals surface area contributed by atoms with Crippen molar-refractivity contribution in [2.75, 3.05) is 32.7 Å². The number of nitrogens with zero attached hydrogens (tertiary/aromatic N) is 3. The van der Waals surface area contributed by atoms with E-state index in [0.29, 0.717) is 31.7 Å². The van der Waals surface area contributed by atoms with Crippen LogP contribution < -0.4 is 0 Å². The molecule has 164 valence electrons. The van der Waals surface area contributed by atoms with Crippen molar-refractivity contribution in [3.8, 4) is 0 Å². The van der Waals surface area contributed by atoms with E-state index in [9.17, 15) is 18.0 Å². The average molecular weight is 442 g/mol. The molecule has 7 nitrogen and oxygen atoms in total. The van der Waals surface area contributed by atoms with Crippen molar-refractivity contribution in [1.29, 1.82) is 0 Å². The first-order chi connectivity index (χ1) is 14.9. The molecule has 0 aliphatic carbocycles. The maximum absolute atomic E-state index is 13.1. The van der Waals surface area contributed by atoms with E-state index >= 15 is 0 Å². The fourth-order valence-corrected chi connectivity index (χ4v) is 5.95. The third kappa shape index (κ3) is 3.85. The fraction of sp³-hybridized carbons (Fsp3) is 0.391. The van der Waals surface area contributed by atoms with E-state index in [0.717, 1.165) is 12.0 Å². The molecule has 4 rings (SSSR count). The van der Waals surface area contributed by atoms with Crippen molar-refractivity contribution < 1.29 is 18.0 Å². The predicted octanol–water partition coefficient (Wildman–Crippen LogP) is 2.30. The number of carbonyl (C=O) groups is 2. The van der Waals surface area contributed by atoms with Gasteiger partial charge in [0.2, 0.25) is 15.9 Å². The van der Waals surface area contributed by atoms with Gasteiger partial charge in [0.15, 0.2) is 0 Å². The molecule has 2 amide bonds. The van der Waals surface area contributed by atoms with Crippen LogP contribution in [-0.4, -0.2) is 67.1 Å². The van der Waals surface area contributed by atoms with Crippen molar-refractivity contribution >= 4 is 21.8 Å². The van der Waals surface area contributed by atoms with Crippen molar-refractivity contribution in [2.24, 2.45) is 0 Å². The summed E-state index contributed by atoms with van der Waals surface area (Å²) in [7, 11) is -3.58. The molecule has 2 aliphatic heterocycles. The molecular weight excluding hydrogens is 414 g/mol. The molecule has 1 atom stereocenters. The second kappa shape index (κ2) is 8.43. The largest absolute Gasteiger partial charge is 0.332 e. The number of sulfonamides is 1. The average Bonchev–Trinajstić information content (AvgIpc) is 2.79. The van der Waals surface area contributed by atoms with Gasteiger partial charge < -0.3 is 9.80 Å². The molecule has 2 aromatic rings. The summed E-state index contributed by atoms with van der Waals surface area (Å²) in [6.45, 7) is 5.49. The number of carbonyl (C=O) groups excluding carboxylic acids is 2. The van der Waals surface area contributed by atoms with Crippen molar-refractivity contribution in [1.82, 2.24) is 14.1 Å². The number of rotatable bonds is 5. The first-order valence-corrected chi connectivity index (χ1v) is 12.1. The van der Waals surface area contributed by atoms with Crippen LogP contribution in [-0.2, 0) is 21.2 Å². The Kier molecular flexibility index (Phi) is 5.85. The minimum absolute atomic E-state index is 0.0387. The summed E-state index contributed by atoms with van der Waals surface area (Å²) in [5, 5.41) is 0. The lowest BCUT2D eigenvalue weighted by molar-refractivity contribution is -0.139. The molecule has 8 heteroatoms. The predicted molar refractivity (Wildman–Crippen MR) is 117 cm³/mol. The Morgan fingerprint density at radius 1 is 1.06 bits per heavy atom. The first-order valence-electron chi connectivity index (χ1n) is 10.6. The van der Waals surface area contributed by atoms with Gasteiger partial charge in [0.25, 0.3) is 5.91 Å². The Labute approximate surface area is 183 Å². The minimum Gasteiger partial charge on any atom is -0.332 e. The van der Waals surface area contributed by atoms with Gasteiger partial charge in [-0.1, -0.05) is 38.1 Å². The standard InChI is InChI=1S/C23H27N3O4S/c1-3-25(4-2)31(29,30)19-11-9-18(10-12-19)23(28)24-15-21-20-8-6-5-7-17(20)13-14-26(21)22(27)16-24/h5-12,21H,3-4,13-16H2,1-2H3/t21-/m1/s1. The molecule has 0 radical (unpaired) electrons. The highest BCUT2D eigenvalue weighted by Crippen LogP contribution is 2.33. The smallest absolute Gasteiger partial charge is 0.254 e. The highest BCUT2D eigenvalue weighted by molar-refractivity contribution is 7.89. The summed E-state index contributed by atoms with van der Waals surface area (Å²) in [6, 6.07) is 13.9. The van der Waals surface area contributed by atoms with Crippen LogP contribution in [0.15, 0.2) is 53.4 Å². The number of fused-ring (bicyclic) bond motifs is 3. The molecule has 0 aromatic heterocycles. The Morgan fingerprint density at radius 2 is 1.74 bits per heavy atom. The Morgan fingerprint density at radius 3 is 2.42 bits per heavy atom. The zero-order valence-electron chi connectivity index (χ0n) is 17.8. The van der Waals surface area contributed by atoms with Gasteiger partial charge in [0, 0.05) is 31.7 Å². The summed E-state index contributed by atoms with van der Waals surface area (Å²) in [5.41, 5.74) is 2.70. The Bertz CT molecular complexity index is 1090. The molecule has 0 spiro atoms. The normalized spacial score (nSPS) is 18.7. The third-order valence-electron chi connectivity index (χ3n) is 6.18.